The van der Waals surface area contributed by atoms with Crippen LogP contribution in [0, 0.1) is 0 Å². The average molecular weight is 454 g/mol. The third-order valence-electron chi connectivity index (χ3n) is 5.35. The standard InChI is InChI=1S/C22H17Cl2N5O2/c1-28-16-4-3-5-17(13(16)9-20(28)30)31-18-7-6-12(8-14(18)23)27-22-21-15(25-11-26-22)10-19(24)29(21)2/h3-8,10-11H,9H2,1-2H3,(H,25,26,27). The summed E-state index contributed by atoms with van der Waals surface area (Å²) >= 11 is 12.7. The lowest BCUT2D eigenvalue weighted by molar-refractivity contribution is -0.117. The molecule has 4 aromatic rings. The molecule has 3 heterocycles. The molecule has 2 aromatic carbocycles. The lowest BCUT2D eigenvalue weighted by Crippen LogP contribution is -2.20. The number of rotatable bonds is 4. The van der Waals surface area contributed by atoms with Gasteiger partial charge in [0.2, 0.25) is 5.91 Å². The van der Waals surface area contributed by atoms with Crippen LogP contribution >= 0.6 is 23.2 Å². The van der Waals surface area contributed by atoms with Crippen molar-refractivity contribution in [1.29, 1.82) is 0 Å². The molecule has 1 aliphatic heterocycles. The number of likely N-dealkylation sites (N-methyl/N-ethyl adjacent to an activating group) is 1. The third kappa shape index (κ3) is 3.36. The van der Waals surface area contributed by atoms with Gasteiger partial charge in [0.1, 0.15) is 28.5 Å². The number of anilines is 3. The minimum atomic E-state index is 0.0358. The van der Waals surface area contributed by atoms with E-state index >= 15 is 0 Å². The van der Waals surface area contributed by atoms with Gasteiger partial charge in [-0.05, 0) is 30.3 Å². The van der Waals surface area contributed by atoms with Crippen molar-refractivity contribution < 1.29 is 9.53 Å². The van der Waals surface area contributed by atoms with Crippen LogP contribution in [0.3, 0.4) is 0 Å². The van der Waals surface area contributed by atoms with Crippen LogP contribution in [0.1, 0.15) is 5.56 Å². The summed E-state index contributed by atoms with van der Waals surface area (Å²) in [7, 11) is 3.61. The summed E-state index contributed by atoms with van der Waals surface area (Å²) in [5.74, 6) is 1.77. The SMILES string of the molecule is CN1C(=O)Cc2c(Oc3ccc(Nc4ncnc5cc(Cl)n(C)c45)cc3Cl)cccc21. The van der Waals surface area contributed by atoms with Gasteiger partial charge >= 0.3 is 0 Å². The van der Waals surface area contributed by atoms with E-state index in [-0.39, 0.29) is 5.91 Å². The molecule has 0 radical (unpaired) electrons. The van der Waals surface area contributed by atoms with Crippen molar-refractivity contribution in [3.63, 3.8) is 0 Å². The van der Waals surface area contributed by atoms with Crippen molar-refractivity contribution in [1.82, 2.24) is 14.5 Å². The zero-order valence-corrected chi connectivity index (χ0v) is 18.2. The van der Waals surface area contributed by atoms with Gasteiger partial charge < -0.3 is 19.5 Å². The fourth-order valence-corrected chi connectivity index (χ4v) is 4.11. The van der Waals surface area contributed by atoms with Gasteiger partial charge in [-0.25, -0.2) is 9.97 Å². The van der Waals surface area contributed by atoms with Crippen LogP contribution in [-0.4, -0.2) is 27.5 Å². The number of hydrogen-bond donors (Lipinski definition) is 1. The molecular weight excluding hydrogens is 437 g/mol. The Hall–Kier alpha value is -3.29. The van der Waals surface area contributed by atoms with Crippen LogP contribution in [-0.2, 0) is 18.3 Å². The van der Waals surface area contributed by atoms with Gasteiger partial charge in [0.15, 0.2) is 5.82 Å². The Morgan fingerprint density at radius 3 is 2.71 bits per heavy atom. The summed E-state index contributed by atoms with van der Waals surface area (Å²) in [6.45, 7) is 0. The highest BCUT2D eigenvalue weighted by atomic mass is 35.5. The van der Waals surface area contributed by atoms with E-state index < -0.39 is 0 Å². The Bertz CT molecular complexity index is 1350. The number of halogens is 2. The molecule has 1 aliphatic rings. The molecule has 9 heteroatoms. The molecular formula is C22H17Cl2N5O2. The minimum Gasteiger partial charge on any atom is -0.455 e. The molecule has 1 N–H and O–H groups in total. The van der Waals surface area contributed by atoms with Gasteiger partial charge in [-0.1, -0.05) is 29.3 Å². The normalized spacial score (nSPS) is 13.0. The molecule has 0 fully saturated rings. The Morgan fingerprint density at radius 1 is 1.06 bits per heavy atom. The molecule has 5 rings (SSSR count). The van der Waals surface area contributed by atoms with E-state index in [0.717, 1.165) is 28.0 Å². The number of fused-ring (bicyclic) bond motifs is 2. The molecule has 0 saturated carbocycles. The topological polar surface area (TPSA) is 72.3 Å². The molecule has 0 atom stereocenters. The van der Waals surface area contributed by atoms with E-state index in [1.165, 1.54) is 6.33 Å². The number of hydrogen-bond acceptors (Lipinski definition) is 5. The van der Waals surface area contributed by atoms with E-state index in [1.54, 1.807) is 30.1 Å². The van der Waals surface area contributed by atoms with Crippen molar-refractivity contribution in [2.24, 2.45) is 7.05 Å². The zero-order valence-electron chi connectivity index (χ0n) is 16.7. The van der Waals surface area contributed by atoms with Gasteiger partial charge in [-0.15, -0.1) is 0 Å². The van der Waals surface area contributed by atoms with E-state index in [0.29, 0.717) is 33.9 Å². The number of aromatic nitrogens is 3. The molecule has 0 spiro atoms. The van der Waals surface area contributed by atoms with Crippen LogP contribution in [0.4, 0.5) is 17.2 Å². The minimum absolute atomic E-state index is 0.0358. The maximum Gasteiger partial charge on any atom is 0.231 e. The molecule has 7 nitrogen and oxygen atoms in total. The van der Waals surface area contributed by atoms with Crippen LogP contribution in [0.2, 0.25) is 10.2 Å². The molecule has 2 aromatic heterocycles. The second-order valence-corrected chi connectivity index (χ2v) is 8.03. The number of aryl methyl sites for hydroxylation is 1. The Balaban J connectivity index is 1.43. The largest absolute Gasteiger partial charge is 0.455 e. The zero-order chi connectivity index (χ0) is 21.7. The first-order chi connectivity index (χ1) is 14.9. The van der Waals surface area contributed by atoms with Gasteiger partial charge in [0.05, 0.1) is 22.6 Å². The molecule has 31 heavy (non-hydrogen) atoms. The summed E-state index contributed by atoms with van der Waals surface area (Å²) in [6.07, 6.45) is 1.79. The summed E-state index contributed by atoms with van der Waals surface area (Å²) in [4.78, 5) is 22.3. The van der Waals surface area contributed by atoms with Crippen molar-refractivity contribution in [2.45, 2.75) is 6.42 Å². The van der Waals surface area contributed by atoms with Gasteiger partial charge in [-0.3, -0.25) is 4.79 Å². The number of ether oxygens (including phenoxy) is 1. The second kappa shape index (κ2) is 7.44. The van der Waals surface area contributed by atoms with Crippen LogP contribution in [0.5, 0.6) is 11.5 Å². The van der Waals surface area contributed by atoms with E-state index in [4.69, 9.17) is 27.9 Å². The average Bonchev–Trinajstić information content (AvgIpc) is 3.21. The highest BCUT2D eigenvalue weighted by molar-refractivity contribution is 6.32. The number of amides is 1. The highest BCUT2D eigenvalue weighted by Gasteiger charge is 2.27. The first-order valence-electron chi connectivity index (χ1n) is 9.51. The van der Waals surface area contributed by atoms with Crippen molar-refractivity contribution in [2.75, 3.05) is 17.3 Å². The molecule has 0 saturated heterocycles. The van der Waals surface area contributed by atoms with E-state index in [9.17, 15) is 4.79 Å². The maximum absolute atomic E-state index is 12.1. The molecule has 0 bridgehead atoms. The van der Waals surface area contributed by atoms with Crippen LogP contribution < -0.4 is 15.0 Å². The predicted octanol–water partition coefficient (Wildman–Crippen LogP) is 5.33. The van der Waals surface area contributed by atoms with Gasteiger partial charge in [0, 0.05) is 31.4 Å². The first-order valence-corrected chi connectivity index (χ1v) is 10.3. The van der Waals surface area contributed by atoms with Crippen molar-refractivity contribution in [3.05, 3.63) is 64.5 Å². The second-order valence-electron chi connectivity index (χ2n) is 7.24. The fraction of sp³-hybridized carbons (Fsp3) is 0.136. The highest BCUT2D eigenvalue weighted by Crippen LogP contribution is 2.39. The number of carbonyl (C=O) groups is 1. The number of carbonyl (C=O) groups excluding carboxylic acids is 1. The Labute approximate surface area is 188 Å². The first kappa shape index (κ1) is 19.7. The Kier molecular flexibility index (Phi) is 4.72. The smallest absolute Gasteiger partial charge is 0.231 e. The van der Waals surface area contributed by atoms with E-state index in [1.807, 2.05) is 35.9 Å². The quantitative estimate of drug-likeness (QED) is 0.451. The molecule has 0 aliphatic carbocycles. The van der Waals surface area contributed by atoms with Crippen molar-refractivity contribution >= 4 is 57.3 Å². The van der Waals surface area contributed by atoms with Gasteiger partial charge in [-0.2, -0.15) is 0 Å². The monoisotopic (exact) mass is 453 g/mol. The molecule has 1 amide bonds. The lowest BCUT2D eigenvalue weighted by Gasteiger charge is -2.14. The van der Waals surface area contributed by atoms with Gasteiger partial charge in [0.25, 0.3) is 0 Å². The number of benzene rings is 2. The number of nitrogens with one attached hydrogen (secondary N) is 1. The Morgan fingerprint density at radius 2 is 1.90 bits per heavy atom. The summed E-state index contributed by atoms with van der Waals surface area (Å²) in [5, 5.41) is 4.26. The summed E-state index contributed by atoms with van der Waals surface area (Å²) in [5.41, 5.74) is 3.98. The summed E-state index contributed by atoms with van der Waals surface area (Å²) in [6, 6.07) is 12.8. The van der Waals surface area contributed by atoms with Crippen LogP contribution in [0.25, 0.3) is 11.0 Å². The fourth-order valence-electron chi connectivity index (χ4n) is 3.70. The molecule has 156 valence electrons. The predicted molar refractivity (Wildman–Crippen MR) is 122 cm³/mol. The maximum atomic E-state index is 12.1. The number of nitrogens with zero attached hydrogens (tertiary/aromatic N) is 4. The lowest BCUT2D eigenvalue weighted by atomic mass is 10.1. The molecule has 0 unspecified atom stereocenters. The van der Waals surface area contributed by atoms with Crippen LogP contribution in [0.15, 0.2) is 48.8 Å². The van der Waals surface area contributed by atoms with Crippen molar-refractivity contribution in [3.8, 4) is 11.5 Å². The summed E-state index contributed by atoms with van der Waals surface area (Å²) < 4.78 is 7.87. The third-order valence-corrected chi connectivity index (χ3v) is 6.01. The van der Waals surface area contributed by atoms with E-state index in [2.05, 4.69) is 15.3 Å².